The van der Waals surface area contributed by atoms with Crippen molar-refractivity contribution in [3.8, 4) is 0 Å². The topological polar surface area (TPSA) is 84.2 Å². The van der Waals surface area contributed by atoms with Crippen molar-refractivity contribution >= 4 is 17.6 Å². The number of carboxylic acid groups (broad SMARTS) is 1. The number of carbonyl (C=O) groups excluding carboxylic acids is 1. The smallest absolute Gasteiger partial charge is 0.416 e. The number of aromatic nitrogens is 2. The Balaban J connectivity index is 2.03. The molecule has 1 aromatic carbocycles. The fraction of sp³-hybridized carbons (Fsp3) is 0.154. The van der Waals surface area contributed by atoms with Crippen molar-refractivity contribution in [2.24, 2.45) is 0 Å². The molecule has 0 aliphatic heterocycles. The molecule has 0 spiro atoms. The maximum atomic E-state index is 12.4. The zero-order valence-corrected chi connectivity index (χ0v) is 11.0. The van der Waals surface area contributed by atoms with Crippen molar-refractivity contribution in [1.29, 1.82) is 0 Å². The SMILES string of the molecule is O=C(Cn1nccc1C(=O)O)Nc1ccc(C(F)(F)F)cc1. The first kappa shape index (κ1) is 15.5. The van der Waals surface area contributed by atoms with E-state index in [0.29, 0.717) is 0 Å². The lowest BCUT2D eigenvalue weighted by Gasteiger charge is -2.09. The lowest BCUT2D eigenvalue weighted by atomic mass is 10.2. The summed E-state index contributed by atoms with van der Waals surface area (Å²) in [6, 6.07) is 5.13. The highest BCUT2D eigenvalue weighted by atomic mass is 19.4. The second-order valence-electron chi connectivity index (χ2n) is 4.30. The summed E-state index contributed by atoms with van der Waals surface area (Å²) < 4.78 is 38.2. The van der Waals surface area contributed by atoms with Crippen LogP contribution in [0.25, 0.3) is 0 Å². The maximum absolute atomic E-state index is 12.4. The van der Waals surface area contributed by atoms with E-state index < -0.39 is 23.6 Å². The quantitative estimate of drug-likeness (QED) is 0.906. The molecule has 0 aliphatic carbocycles. The Morgan fingerprint density at radius 2 is 1.82 bits per heavy atom. The molecule has 116 valence electrons. The molecule has 0 saturated carbocycles. The Labute approximate surface area is 122 Å². The molecular weight excluding hydrogens is 303 g/mol. The summed E-state index contributed by atoms with van der Waals surface area (Å²) in [6.45, 7) is -0.365. The second kappa shape index (κ2) is 5.88. The van der Waals surface area contributed by atoms with Gasteiger partial charge in [0.1, 0.15) is 12.2 Å². The number of aromatic carboxylic acids is 1. The zero-order chi connectivity index (χ0) is 16.3. The second-order valence-corrected chi connectivity index (χ2v) is 4.30. The van der Waals surface area contributed by atoms with Gasteiger partial charge in [-0.15, -0.1) is 0 Å². The van der Waals surface area contributed by atoms with Crippen LogP contribution in [0.15, 0.2) is 36.5 Å². The monoisotopic (exact) mass is 313 g/mol. The normalized spacial score (nSPS) is 11.2. The third-order valence-corrected chi connectivity index (χ3v) is 2.73. The van der Waals surface area contributed by atoms with Crippen LogP contribution in [0.3, 0.4) is 0 Å². The molecule has 2 rings (SSSR count). The predicted molar refractivity (Wildman–Crippen MR) is 69.3 cm³/mol. The first-order chi connectivity index (χ1) is 10.3. The minimum absolute atomic E-state index is 0.164. The van der Waals surface area contributed by atoms with Gasteiger partial charge >= 0.3 is 12.1 Å². The Morgan fingerprint density at radius 1 is 1.18 bits per heavy atom. The standard InChI is InChI=1S/C13H10F3N3O3/c14-13(15,16)8-1-3-9(4-2-8)18-11(20)7-19-10(12(21)22)5-6-17-19/h1-6H,7H2,(H,18,20)(H,21,22). The summed E-state index contributed by atoms with van der Waals surface area (Å²) in [7, 11) is 0. The first-order valence-corrected chi connectivity index (χ1v) is 5.99. The number of carboxylic acids is 1. The Bertz CT molecular complexity index is 693. The maximum Gasteiger partial charge on any atom is 0.416 e. The number of nitrogens with zero attached hydrogens (tertiary/aromatic N) is 2. The van der Waals surface area contributed by atoms with Gasteiger partial charge in [0.15, 0.2) is 0 Å². The van der Waals surface area contributed by atoms with Crippen LogP contribution in [0.5, 0.6) is 0 Å². The van der Waals surface area contributed by atoms with Crippen LogP contribution in [0.2, 0.25) is 0 Å². The highest BCUT2D eigenvalue weighted by Crippen LogP contribution is 2.29. The van der Waals surface area contributed by atoms with Crippen molar-refractivity contribution in [3.05, 3.63) is 47.8 Å². The third-order valence-electron chi connectivity index (χ3n) is 2.73. The van der Waals surface area contributed by atoms with Gasteiger partial charge in [-0.3, -0.25) is 4.79 Å². The molecule has 0 atom stereocenters. The van der Waals surface area contributed by atoms with Crippen LogP contribution in [0.4, 0.5) is 18.9 Å². The number of alkyl halides is 3. The highest BCUT2D eigenvalue weighted by molar-refractivity contribution is 5.91. The number of hydrogen-bond acceptors (Lipinski definition) is 3. The summed E-state index contributed by atoms with van der Waals surface area (Å²) in [5, 5.41) is 14.9. The average molecular weight is 313 g/mol. The van der Waals surface area contributed by atoms with Gasteiger partial charge < -0.3 is 10.4 Å². The van der Waals surface area contributed by atoms with E-state index in [0.717, 1.165) is 28.9 Å². The van der Waals surface area contributed by atoms with Gasteiger partial charge in [0.2, 0.25) is 5.91 Å². The molecule has 1 amide bonds. The molecule has 0 unspecified atom stereocenters. The van der Waals surface area contributed by atoms with E-state index in [-0.39, 0.29) is 17.9 Å². The van der Waals surface area contributed by atoms with E-state index in [1.807, 2.05) is 0 Å². The van der Waals surface area contributed by atoms with Crippen LogP contribution in [0.1, 0.15) is 16.1 Å². The van der Waals surface area contributed by atoms with Gasteiger partial charge in [-0.25, -0.2) is 9.48 Å². The van der Waals surface area contributed by atoms with E-state index in [1.165, 1.54) is 12.3 Å². The summed E-state index contributed by atoms with van der Waals surface area (Å²) in [5.41, 5.74) is -0.824. The molecular formula is C13H10F3N3O3. The molecule has 22 heavy (non-hydrogen) atoms. The van der Waals surface area contributed by atoms with E-state index >= 15 is 0 Å². The van der Waals surface area contributed by atoms with Crippen molar-refractivity contribution in [3.63, 3.8) is 0 Å². The lowest BCUT2D eigenvalue weighted by Crippen LogP contribution is -2.22. The van der Waals surface area contributed by atoms with E-state index in [2.05, 4.69) is 10.4 Å². The largest absolute Gasteiger partial charge is 0.477 e. The van der Waals surface area contributed by atoms with Gasteiger partial charge in [0.05, 0.1) is 5.56 Å². The van der Waals surface area contributed by atoms with Crippen LogP contribution in [-0.4, -0.2) is 26.8 Å². The van der Waals surface area contributed by atoms with Gasteiger partial charge in [-0.1, -0.05) is 0 Å². The number of carbonyl (C=O) groups is 2. The molecule has 1 aromatic heterocycles. The molecule has 0 bridgehead atoms. The predicted octanol–water partition coefficient (Wildman–Crippen LogP) is 2.24. The summed E-state index contributed by atoms with van der Waals surface area (Å²) in [6.07, 6.45) is -3.22. The van der Waals surface area contributed by atoms with Gasteiger partial charge in [-0.05, 0) is 30.3 Å². The summed E-state index contributed by atoms with van der Waals surface area (Å²) in [4.78, 5) is 22.6. The molecule has 0 aliphatic rings. The number of anilines is 1. The first-order valence-electron chi connectivity index (χ1n) is 5.99. The Hall–Kier alpha value is -2.84. The molecule has 0 radical (unpaired) electrons. The molecule has 0 fully saturated rings. The molecule has 2 aromatic rings. The van der Waals surface area contributed by atoms with Crippen LogP contribution in [0, 0.1) is 0 Å². The van der Waals surface area contributed by atoms with Crippen molar-refractivity contribution in [1.82, 2.24) is 9.78 Å². The van der Waals surface area contributed by atoms with Gasteiger partial charge in [0.25, 0.3) is 0 Å². The van der Waals surface area contributed by atoms with E-state index in [1.54, 1.807) is 0 Å². The zero-order valence-electron chi connectivity index (χ0n) is 11.0. The number of halogens is 3. The molecule has 2 N–H and O–H groups in total. The number of rotatable bonds is 4. The minimum atomic E-state index is -4.45. The fourth-order valence-corrected chi connectivity index (χ4v) is 1.72. The summed E-state index contributed by atoms with van der Waals surface area (Å²) in [5.74, 6) is -1.84. The minimum Gasteiger partial charge on any atom is -0.477 e. The molecule has 0 saturated heterocycles. The fourth-order valence-electron chi connectivity index (χ4n) is 1.72. The Kier molecular flexibility index (Phi) is 4.15. The van der Waals surface area contributed by atoms with Gasteiger partial charge in [0, 0.05) is 11.9 Å². The van der Waals surface area contributed by atoms with Crippen LogP contribution < -0.4 is 5.32 Å². The van der Waals surface area contributed by atoms with Crippen molar-refractivity contribution in [2.45, 2.75) is 12.7 Å². The number of benzene rings is 1. The summed E-state index contributed by atoms with van der Waals surface area (Å²) >= 11 is 0. The third kappa shape index (κ3) is 3.62. The average Bonchev–Trinajstić information content (AvgIpc) is 2.86. The molecule has 1 heterocycles. The molecule has 9 heteroatoms. The molecule has 6 nitrogen and oxygen atoms in total. The lowest BCUT2D eigenvalue weighted by molar-refractivity contribution is -0.137. The van der Waals surface area contributed by atoms with E-state index in [9.17, 15) is 22.8 Å². The van der Waals surface area contributed by atoms with Crippen LogP contribution >= 0.6 is 0 Å². The van der Waals surface area contributed by atoms with Crippen molar-refractivity contribution < 1.29 is 27.9 Å². The van der Waals surface area contributed by atoms with Gasteiger partial charge in [-0.2, -0.15) is 18.3 Å². The number of amides is 1. The van der Waals surface area contributed by atoms with E-state index in [4.69, 9.17) is 5.11 Å². The number of hydrogen-bond donors (Lipinski definition) is 2. The van der Waals surface area contributed by atoms with Crippen molar-refractivity contribution in [2.75, 3.05) is 5.32 Å². The number of nitrogens with one attached hydrogen (secondary N) is 1. The van der Waals surface area contributed by atoms with Crippen LogP contribution in [-0.2, 0) is 17.5 Å². The highest BCUT2D eigenvalue weighted by Gasteiger charge is 2.30. The Morgan fingerprint density at radius 3 is 2.36 bits per heavy atom.